The Balaban J connectivity index is 0.000000843. The van der Waals surface area contributed by atoms with E-state index in [-0.39, 0.29) is 22.6 Å². The van der Waals surface area contributed by atoms with Crippen molar-refractivity contribution in [2.75, 3.05) is 6.61 Å². The molecule has 0 aromatic rings. The Morgan fingerprint density at radius 2 is 1.18 bits per heavy atom. The molecule has 264 valence electrons. The van der Waals surface area contributed by atoms with Gasteiger partial charge in [0, 0.05) is 25.7 Å². The normalized spacial score (nSPS) is 19.0. The topological polar surface area (TPSA) is 100 Å². The molecule has 10 heteroatoms. The van der Waals surface area contributed by atoms with Crippen LogP contribution in [0, 0.1) is 11.3 Å². The zero-order valence-corrected chi connectivity index (χ0v) is 31.1. The predicted molar refractivity (Wildman–Crippen MR) is 171 cm³/mol. The Labute approximate surface area is 269 Å². The first-order valence-electron chi connectivity index (χ1n) is 16.3. The van der Waals surface area contributed by atoms with Gasteiger partial charge in [0.1, 0.15) is 0 Å². The Kier molecular flexibility index (Phi) is 18.1. The van der Waals surface area contributed by atoms with Crippen LogP contribution in [0.1, 0.15) is 162 Å². The maximum atomic E-state index is 11.4. The smallest absolute Gasteiger partial charge is 0.305 e. The van der Waals surface area contributed by atoms with Gasteiger partial charge in [-0.2, -0.15) is 9.78 Å². The van der Waals surface area contributed by atoms with Crippen LogP contribution in [0.3, 0.4) is 0 Å². The minimum Gasteiger partial charge on any atom is -0.466 e. The van der Waals surface area contributed by atoms with Gasteiger partial charge in [-0.05, 0) is 114 Å². The van der Waals surface area contributed by atoms with E-state index >= 15 is 0 Å². The second kappa shape index (κ2) is 18.5. The number of hydrogen-bond donors (Lipinski definition) is 0. The molecule has 0 saturated heterocycles. The second-order valence-corrected chi connectivity index (χ2v) is 16.8. The number of ether oxygens (including phenoxy) is 1. The van der Waals surface area contributed by atoms with E-state index in [9.17, 15) is 4.79 Å². The minimum atomic E-state index is -0.846. The molecule has 1 atom stereocenters. The molecule has 1 aliphatic carbocycles. The van der Waals surface area contributed by atoms with Crippen LogP contribution in [0.2, 0.25) is 0 Å². The molecular weight excluding hydrogens is 568 g/mol. The Hall–Kier alpha value is -0.850. The molecule has 0 radical (unpaired) electrons. The van der Waals surface area contributed by atoms with Crippen LogP contribution in [0.15, 0.2) is 0 Å². The van der Waals surface area contributed by atoms with Gasteiger partial charge in [-0.1, -0.05) is 34.1 Å². The summed E-state index contributed by atoms with van der Waals surface area (Å²) >= 11 is 0. The van der Waals surface area contributed by atoms with Crippen LogP contribution >= 0.6 is 0 Å². The van der Waals surface area contributed by atoms with Gasteiger partial charge >= 0.3 is 5.97 Å². The SMILES string of the molecule is CC1CC(C)(C)CC(OOC(C)(C)C)(OOC(C)(C)C)C1.CCCCC(=O)OCCCC(OOC(C)(C)C)OOC(C)(C)C. The van der Waals surface area contributed by atoms with E-state index in [0.29, 0.717) is 31.8 Å². The number of carbonyl (C=O) groups is 1. The second-order valence-electron chi connectivity index (χ2n) is 16.8. The first-order chi connectivity index (χ1) is 19.8. The van der Waals surface area contributed by atoms with Crippen molar-refractivity contribution in [3.63, 3.8) is 0 Å². The van der Waals surface area contributed by atoms with Crippen molar-refractivity contribution in [3.05, 3.63) is 0 Å². The zero-order chi connectivity index (χ0) is 34.5. The highest BCUT2D eigenvalue weighted by atomic mass is 17.3. The number of esters is 1. The predicted octanol–water partition coefficient (Wildman–Crippen LogP) is 9.34. The summed E-state index contributed by atoms with van der Waals surface area (Å²) in [4.78, 5) is 55.3. The molecular formula is C34H68O10. The van der Waals surface area contributed by atoms with Gasteiger partial charge in [0.25, 0.3) is 0 Å². The van der Waals surface area contributed by atoms with Crippen molar-refractivity contribution < 1.29 is 48.6 Å². The summed E-state index contributed by atoms with van der Waals surface area (Å²) in [6.45, 7) is 32.1. The molecule has 0 aromatic carbocycles. The first kappa shape index (κ1) is 43.1. The van der Waals surface area contributed by atoms with E-state index < -0.39 is 23.3 Å². The van der Waals surface area contributed by atoms with Gasteiger partial charge in [-0.25, -0.2) is 29.3 Å². The Bertz CT molecular complexity index is 748. The number of carbonyl (C=O) groups excluding carboxylic acids is 1. The summed E-state index contributed by atoms with van der Waals surface area (Å²) < 4.78 is 5.15. The third kappa shape index (κ3) is 24.4. The number of hydrogen-bond acceptors (Lipinski definition) is 10. The van der Waals surface area contributed by atoms with Gasteiger partial charge < -0.3 is 4.74 Å². The molecule has 1 aliphatic rings. The lowest BCUT2D eigenvalue weighted by molar-refractivity contribution is -0.551. The van der Waals surface area contributed by atoms with Crippen LogP contribution in [0.25, 0.3) is 0 Å². The summed E-state index contributed by atoms with van der Waals surface area (Å²) in [6.07, 6.45) is 5.37. The van der Waals surface area contributed by atoms with Crippen molar-refractivity contribution >= 4 is 5.97 Å². The van der Waals surface area contributed by atoms with Crippen molar-refractivity contribution in [1.82, 2.24) is 0 Å². The van der Waals surface area contributed by atoms with Gasteiger partial charge in [0.15, 0.2) is 0 Å². The first-order valence-corrected chi connectivity index (χ1v) is 16.3. The summed E-state index contributed by atoms with van der Waals surface area (Å²) in [7, 11) is 0. The van der Waals surface area contributed by atoms with Crippen LogP contribution < -0.4 is 0 Å². The quantitative estimate of drug-likeness (QED) is 0.0568. The molecule has 0 amide bonds. The molecule has 0 bridgehead atoms. The zero-order valence-electron chi connectivity index (χ0n) is 31.1. The molecule has 1 rings (SSSR count). The van der Waals surface area contributed by atoms with Crippen molar-refractivity contribution in [2.45, 2.75) is 197 Å². The minimum absolute atomic E-state index is 0.125. The van der Waals surface area contributed by atoms with Gasteiger partial charge in [0.05, 0.1) is 29.0 Å². The summed E-state index contributed by atoms with van der Waals surface area (Å²) in [6, 6.07) is 0. The average Bonchev–Trinajstić information content (AvgIpc) is 2.81. The van der Waals surface area contributed by atoms with E-state index in [4.69, 9.17) is 43.8 Å². The molecule has 0 heterocycles. The monoisotopic (exact) mass is 636 g/mol. The summed E-state index contributed by atoms with van der Waals surface area (Å²) in [5, 5.41) is 0. The van der Waals surface area contributed by atoms with Crippen LogP contribution in [-0.4, -0.2) is 47.1 Å². The summed E-state index contributed by atoms with van der Waals surface area (Å²) in [5.41, 5.74) is -1.54. The van der Waals surface area contributed by atoms with E-state index in [1.165, 1.54) is 0 Å². The van der Waals surface area contributed by atoms with E-state index in [1.807, 2.05) is 90.0 Å². The maximum absolute atomic E-state index is 11.4. The van der Waals surface area contributed by atoms with Crippen LogP contribution in [0.5, 0.6) is 0 Å². The lowest BCUT2D eigenvalue weighted by Crippen LogP contribution is -2.48. The molecule has 0 aromatic heterocycles. The van der Waals surface area contributed by atoms with Crippen LogP contribution in [0.4, 0.5) is 0 Å². The standard InChI is InChI=1S/C17H34O6.C17H34O4/c1-8-9-11-14(18)19-13-10-12-15(20-22-16(2,3)4)21-23-17(5,6)7;1-13-10-16(8,9)12-17(11-13,20-18-14(2,3)4)21-19-15(5,6)7/h15H,8-13H2,1-7H3;13H,10-12H2,1-9H3. The average molecular weight is 637 g/mol. The van der Waals surface area contributed by atoms with E-state index in [1.54, 1.807) is 0 Å². The fraction of sp³-hybridized carbons (Fsp3) is 0.971. The molecule has 1 unspecified atom stereocenters. The van der Waals surface area contributed by atoms with Crippen molar-refractivity contribution in [3.8, 4) is 0 Å². The maximum Gasteiger partial charge on any atom is 0.305 e. The molecule has 1 saturated carbocycles. The van der Waals surface area contributed by atoms with Crippen molar-refractivity contribution in [2.24, 2.45) is 11.3 Å². The van der Waals surface area contributed by atoms with E-state index in [2.05, 4.69) is 20.8 Å². The fourth-order valence-corrected chi connectivity index (χ4v) is 4.30. The van der Waals surface area contributed by atoms with Gasteiger partial charge in [-0.3, -0.25) is 4.79 Å². The third-order valence-electron chi connectivity index (χ3n) is 5.59. The summed E-state index contributed by atoms with van der Waals surface area (Å²) in [5.74, 6) is -0.523. The highest BCUT2D eigenvalue weighted by Crippen LogP contribution is 2.47. The highest BCUT2D eigenvalue weighted by molar-refractivity contribution is 5.69. The van der Waals surface area contributed by atoms with Gasteiger partial charge in [-0.15, -0.1) is 0 Å². The molecule has 0 spiro atoms. The lowest BCUT2D eigenvalue weighted by Gasteiger charge is -2.46. The third-order valence-corrected chi connectivity index (χ3v) is 5.59. The lowest BCUT2D eigenvalue weighted by atomic mass is 9.70. The van der Waals surface area contributed by atoms with Crippen molar-refractivity contribution in [1.29, 1.82) is 0 Å². The fourth-order valence-electron chi connectivity index (χ4n) is 4.30. The number of unbranched alkanes of at least 4 members (excludes halogenated alkanes) is 1. The van der Waals surface area contributed by atoms with Crippen LogP contribution in [-0.2, 0) is 48.6 Å². The molecule has 0 N–H and O–H groups in total. The molecule has 10 nitrogen and oxygen atoms in total. The molecule has 0 aliphatic heterocycles. The highest BCUT2D eigenvalue weighted by Gasteiger charge is 2.48. The molecule has 1 fully saturated rings. The van der Waals surface area contributed by atoms with Gasteiger partial charge in [0.2, 0.25) is 12.1 Å². The Morgan fingerprint density at radius 1 is 0.727 bits per heavy atom. The number of rotatable bonds is 15. The molecule has 44 heavy (non-hydrogen) atoms. The van der Waals surface area contributed by atoms with E-state index in [0.717, 1.165) is 32.1 Å². The largest absolute Gasteiger partial charge is 0.466 e. The Morgan fingerprint density at radius 3 is 1.57 bits per heavy atom.